The Morgan fingerprint density at radius 2 is 1.13 bits per heavy atom. The van der Waals surface area contributed by atoms with Crippen LogP contribution in [-0.4, -0.2) is 70.0 Å². The summed E-state index contributed by atoms with van der Waals surface area (Å²) in [6.45, 7) is 4.14. The summed E-state index contributed by atoms with van der Waals surface area (Å²) in [5.41, 5.74) is 0. The second-order valence-corrected chi connectivity index (χ2v) is 14.6. The van der Waals surface area contributed by atoms with Gasteiger partial charge in [0.05, 0.1) is 27.7 Å². The van der Waals surface area contributed by atoms with E-state index in [9.17, 15) is 19.0 Å². The molecule has 2 atom stereocenters. The van der Waals surface area contributed by atoms with E-state index in [1.807, 2.05) is 21.1 Å². The predicted molar refractivity (Wildman–Crippen MR) is 181 cm³/mol. The molecule has 0 aromatic rings. The highest BCUT2D eigenvalue weighted by molar-refractivity contribution is 7.45. The van der Waals surface area contributed by atoms with Crippen LogP contribution in [0.3, 0.4) is 0 Å². The molecule has 45 heavy (non-hydrogen) atoms. The molecule has 1 unspecified atom stereocenters. The van der Waals surface area contributed by atoms with Crippen molar-refractivity contribution in [1.29, 1.82) is 0 Å². The fourth-order valence-electron chi connectivity index (χ4n) is 4.65. The number of nitrogens with zero attached hydrogens (tertiary/aromatic N) is 1. The summed E-state index contributed by atoms with van der Waals surface area (Å²) < 4.78 is 33.6. The summed E-state index contributed by atoms with van der Waals surface area (Å²) in [6.07, 6.45) is 25.4. The third-order valence-electron chi connectivity index (χ3n) is 7.54. The molecule has 9 nitrogen and oxygen atoms in total. The van der Waals surface area contributed by atoms with Crippen LogP contribution < -0.4 is 4.89 Å². The number of hydrogen-bond donors (Lipinski definition) is 0. The molecular formula is C35H68NO8P. The highest BCUT2D eigenvalue weighted by Gasteiger charge is 2.21. The lowest BCUT2D eigenvalue weighted by molar-refractivity contribution is -0.870. The second-order valence-electron chi connectivity index (χ2n) is 13.2. The van der Waals surface area contributed by atoms with Crippen molar-refractivity contribution in [2.24, 2.45) is 0 Å². The van der Waals surface area contributed by atoms with Crippen LogP contribution in [0.1, 0.15) is 149 Å². The van der Waals surface area contributed by atoms with E-state index >= 15 is 0 Å². The maximum atomic E-state index is 12.5. The molecule has 0 amide bonds. The van der Waals surface area contributed by atoms with Crippen LogP contribution in [0.15, 0.2) is 12.2 Å². The Bertz CT molecular complexity index is 799. The molecule has 0 bridgehead atoms. The van der Waals surface area contributed by atoms with Gasteiger partial charge in [0, 0.05) is 12.8 Å². The number of likely N-dealkylation sites (N-methyl/N-ethyl adjacent to an activating group) is 1. The van der Waals surface area contributed by atoms with Gasteiger partial charge in [0.2, 0.25) is 0 Å². The second kappa shape index (κ2) is 28.9. The van der Waals surface area contributed by atoms with Gasteiger partial charge in [-0.3, -0.25) is 14.2 Å². The number of allylic oxidation sites excluding steroid dienone is 2. The summed E-state index contributed by atoms with van der Waals surface area (Å²) in [6, 6.07) is 0. The molecule has 0 aliphatic carbocycles. The quantitative estimate of drug-likeness (QED) is 0.0232. The van der Waals surface area contributed by atoms with Crippen LogP contribution in [-0.2, 0) is 32.7 Å². The molecule has 0 radical (unpaired) electrons. The Kier molecular flexibility index (Phi) is 28.1. The van der Waals surface area contributed by atoms with Crippen molar-refractivity contribution in [3.8, 4) is 0 Å². The van der Waals surface area contributed by atoms with E-state index in [4.69, 9.17) is 18.5 Å². The number of carbonyl (C=O) groups excluding carboxylic acids is 2. The first kappa shape index (κ1) is 43.8. The zero-order valence-electron chi connectivity index (χ0n) is 29.6. The van der Waals surface area contributed by atoms with Crippen molar-refractivity contribution in [3.05, 3.63) is 12.2 Å². The number of unbranched alkanes of at least 4 members (excludes halogenated alkanes) is 16. The van der Waals surface area contributed by atoms with Gasteiger partial charge >= 0.3 is 11.9 Å². The maximum absolute atomic E-state index is 12.5. The van der Waals surface area contributed by atoms with Gasteiger partial charge < -0.3 is 27.9 Å². The third kappa shape index (κ3) is 32.5. The number of esters is 2. The molecule has 0 spiro atoms. The smallest absolute Gasteiger partial charge is 0.306 e. The Labute approximate surface area is 276 Å². The van der Waals surface area contributed by atoms with E-state index in [0.717, 1.165) is 44.9 Å². The molecule has 0 aromatic carbocycles. The standard InChI is InChI=1S/C35H68NO8P/c1-6-8-10-12-14-16-17-18-19-20-22-23-25-27-34(37)41-31-33(32-43-45(39,40)42-30-29-36(3,4)5)44-35(38)28-26-24-21-15-13-11-9-7-2/h18-19,33H,6-17,20-32H2,1-5H3/b19-18+/t33-/m0/s1. The molecule has 0 heterocycles. The van der Waals surface area contributed by atoms with Crippen LogP contribution in [0.25, 0.3) is 0 Å². The zero-order valence-corrected chi connectivity index (χ0v) is 30.5. The van der Waals surface area contributed by atoms with Crippen molar-refractivity contribution in [2.75, 3.05) is 47.5 Å². The van der Waals surface area contributed by atoms with Crippen LogP contribution in [0, 0.1) is 0 Å². The lowest BCUT2D eigenvalue weighted by atomic mass is 10.1. The largest absolute Gasteiger partial charge is 0.756 e. The number of carbonyl (C=O) groups is 2. The molecule has 0 aliphatic heterocycles. The summed E-state index contributed by atoms with van der Waals surface area (Å²) >= 11 is 0. The van der Waals surface area contributed by atoms with Crippen molar-refractivity contribution in [1.82, 2.24) is 0 Å². The molecular weight excluding hydrogens is 593 g/mol. The minimum atomic E-state index is -4.61. The van der Waals surface area contributed by atoms with E-state index in [0.29, 0.717) is 23.9 Å². The average molecular weight is 662 g/mol. The number of ether oxygens (including phenoxy) is 2. The minimum Gasteiger partial charge on any atom is -0.756 e. The maximum Gasteiger partial charge on any atom is 0.306 e. The number of rotatable bonds is 32. The topological polar surface area (TPSA) is 111 Å². The van der Waals surface area contributed by atoms with E-state index < -0.39 is 32.5 Å². The molecule has 10 heteroatoms. The van der Waals surface area contributed by atoms with E-state index in [1.165, 1.54) is 64.2 Å². The lowest BCUT2D eigenvalue weighted by Crippen LogP contribution is -2.37. The van der Waals surface area contributed by atoms with Crippen molar-refractivity contribution >= 4 is 19.8 Å². The Morgan fingerprint density at radius 3 is 1.67 bits per heavy atom. The molecule has 0 aromatic heterocycles. The van der Waals surface area contributed by atoms with Crippen molar-refractivity contribution in [2.45, 2.75) is 155 Å². The van der Waals surface area contributed by atoms with Crippen molar-refractivity contribution in [3.63, 3.8) is 0 Å². The fraction of sp³-hybridized carbons (Fsp3) is 0.886. The molecule has 266 valence electrons. The van der Waals surface area contributed by atoms with Crippen LogP contribution in [0.2, 0.25) is 0 Å². The number of quaternary nitrogens is 1. The normalized spacial score (nSPS) is 14.0. The summed E-state index contributed by atoms with van der Waals surface area (Å²) in [5.74, 6) is -0.857. The van der Waals surface area contributed by atoms with Gasteiger partial charge in [0.25, 0.3) is 7.82 Å². The average Bonchev–Trinajstić information content (AvgIpc) is 2.97. The van der Waals surface area contributed by atoms with Gasteiger partial charge in [-0.2, -0.15) is 0 Å². The monoisotopic (exact) mass is 661 g/mol. The highest BCUT2D eigenvalue weighted by atomic mass is 31.2. The minimum absolute atomic E-state index is 0.0307. The van der Waals surface area contributed by atoms with Crippen LogP contribution >= 0.6 is 7.82 Å². The fourth-order valence-corrected chi connectivity index (χ4v) is 5.38. The first-order chi connectivity index (χ1) is 21.5. The Hall–Kier alpha value is -1.25. The van der Waals surface area contributed by atoms with Gasteiger partial charge in [-0.05, 0) is 38.5 Å². The first-order valence-corrected chi connectivity index (χ1v) is 19.4. The molecule has 0 rings (SSSR count). The first-order valence-electron chi connectivity index (χ1n) is 17.9. The van der Waals surface area contributed by atoms with E-state index in [-0.39, 0.29) is 26.1 Å². The van der Waals surface area contributed by atoms with Gasteiger partial charge in [-0.25, -0.2) is 0 Å². The summed E-state index contributed by atoms with van der Waals surface area (Å²) in [4.78, 5) is 37.1. The number of phosphoric ester groups is 1. The van der Waals surface area contributed by atoms with Gasteiger partial charge in [-0.1, -0.05) is 109 Å². The highest BCUT2D eigenvalue weighted by Crippen LogP contribution is 2.38. The summed E-state index contributed by atoms with van der Waals surface area (Å²) in [7, 11) is 1.16. The summed E-state index contributed by atoms with van der Waals surface area (Å²) in [5, 5.41) is 0. The molecule has 0 fully saturated rings. The van der Waals surface area contributed by atoms with Crippen LogP contribution in [0.5, 0.6) is 0 Å². The van der Waals surface area contributed by atoms with Crippen molar-refractivity contribution < 1.29 is 42.1 Å². The predicted octanol–water partition coefficient (Wildman–Crippen LogP) is 8.44. The van der Waals surface area contributed by atoms with Gasteiger partial charge in [0.15, 0.2) is 6.10 Å². The number of hydrogen-bond acceptors (Lipinski definition) is 8. The van der Waals surface area contributed by atoms with Gasteiger partial charge in [-0.15, -0.1) is 0 Å². The van der Waals surface area contributed by atoms with Gasteiger partial charge in [0.1, 0.15) is 19.8 Å². The van der Waals surface area contributed by atoms with E-state index in [1.54, 1.807) is 0 Å². The third-order valence-corrected chi connectivity index (χ3v) is 8.50. The molecule has 0 saturated carbocycles. The molecule has 0 saturated heterocycles. The number of phosphoric acid groups is 1. The molecule has 0 aliphatic rings. The zero-order chi connectivity index (χ0) is 33.7. The Morgan fingerprint density at radius 1 is 0.667 bits per heavy atom. The lowest BCUT2D eigenvalue weighted by Gasteiger charge is -2.28. The molecule has 0 N–H and O–H groups in total. The van der Waals surface area contributed by atoms with E-state index in [2.05, 4.69) is 26.0 Å². The SMILES string of the molecule is CCCCCCCC/C=C/CCCCCC(=O)OC[C@@H](COP(=O)([O-])OCC[N+](C)(C)C)OC(=O)CCCCCCCCCC. The van der Waals surface area contributed by atoms with Crippen LogP contribution in [0.4, 0.5) is 0 Å². The Balaban J connectivity index is 4.46.